The molecule has 2 bridgehead atoms. The second kappa shape index (κ2) is 4.74. The van der Waals surface area contributed by atoms with Crippen molar-refractivity contribution < 1.29 is 5.11 Å². The molecule has 0 aromatic heterocycles. The molecule has 17 heavy (non-hydrogen) atoms. The summed E-state index contributed by atoms with van der Waals surface area (Å²) in [5.41, 5.74) is 1.25. The molecule has 3 rings (SSSR count). The third-order valence-electron chi connectivity index (χ3n) is 4.62. The molecular formula is C15H19BrO. The molecule has 1 aromatic carbocycles. The Morgan fingerprint density at radius 2 is 2.18 bits per heavy atom. The van der Waals surface area contributed by atoms with Gasteiger partial charge < -0.3 is 5.11 Å². The zero-order valence-corrected chi connectivity index (χ0v) is 11.6. The minimum absolute atomic E-state index is 0.139. The van der Waals surface area contributed by atoms with Crippen molar-refractivity contribution in [2.45, 2.75) is 38.2 Å². The van der Waals surface area contributed by atoms with Crippen molar-refractivity contribution in [3.8, 4) is 0 Å². The molecule has 1 N–H and O–H groups in total. The first kappa shape index (κ1) is 11.7. The van der Waals surface area contributed by atoms with E-state index in [1.54, 1.807) is 0 Å². The molecule has 4 atom stereocenters. The average Bonchev–Trinajstić information content (AvgIpc) is 2.90. The van der Waals surface area contributed by atoms with E-state index in [1.165, 1.54) is 31.2 Å². The Bertz CT molecular complexity index is 404. The second-order valence-corrected chi connectivity index (χ2v) is 6.66. The van der Waals surface area contributed by atoms with Gasteiger partial charge in [0, 0.05) is 4.47 Å². The molecule has 2 aliphatic carbocycles. The van der Waals surface area contributed by atoms with Crippen LogP contribution in [0, 0.1) is 17.8 Å². The normalized spacial score (nSPS) is 32.9. The van der Waals surface area contributed by atoms with E-state index in [1.807, 2.05) is 12.1 Å². The van der Waals surface area contributed by atoms with Gasteiger partial charge in [0.1, 0.15) is 0 Å². The Balaban J connectivity index is 1.65. The molecule has 0 aliphatic heterocycles. The van der Waals surface area contributed by atoms with Gasteiger partial charge in [-0.2, -0.15) is 0 Å². The first-order valence-corrected chi connectivity index (χ1v) is 7.44. The fraction of sp³-hybridized carbons (Fsp3) is 0.600. The first-order chi connectivity index (χ1) is 8.22. The Morgan fingerprint density at radius 1 is 1.29 bits per heavy atom. The van der Waals surface area contributed by atoms with Gasteiger partial charge in [-0.15, -0.1) is 0 Å². The van der Waals surface area contributed by atoms with Gasteiger partial charge in [-0.05, 0) is 61.1 Å². The van der Waals surface area contributed by atoms with Crippen molar-refractivity contribution in [3.63, 3.8) is 0 Å². The highest BCUT2D eigenvalue weighted by atomic mass is 79.9. The van der Waals surface area contributed by atoms with Crippen LogP contribution >= 0.6 is 15.9 Å². The molecular weight excluding hydrogens is 276 g/mol. The zero-order chi connectivity index (χ0) is 11.8. The van der Waals surface area contributed by atoms with E-state index in [2.05, 4.69) is 28.1 Å². The number of benzene rings is 1. The van der Waals surface area contributed by atoms with E-state index < -0.39 is 0 Å². The summed E-state index contributed by atoms with van der Waals surface area (Å²) in [7, 11) is 0. The van der Waals surface area contributed by atoms with Crippen molar-refractivity contribution in [2.24, 2.45) is 17.8 Å². The molecule has 2 aliphatic rings. The monoisotopic (exact) mass is 294 g/mol. The topological polar surface area (TPSA) is 20.2 Å². The number of rotatable bonds is 3. The maximum absolute atomic E-state index is 10.4. The van der Waals surface area contributed by atoms with E-state index in [0.29, 0.717) is 5.92 Å². The van der Waals surface area contributed by atoms with Crippen LogP contribution in [0.15, 0.2) is 28.7 Å². The summed E-state index contributed by atoms with van der Waals surface area (Å²) in [6.45, 7) is 0. The smallest absolute Gasteiger partial charge is 0.0611 e. The van der Waals surface area contributed by atoms with E-state index in [0.717, 1.165) is 22.7 Å². The lowest BCUT2D eigenvalue weighted by atomic mass is 9.82. The van der Waals surface area contributed by atoms with Crippen LogP contribution in [0.2, 0.25) is 0 Å². The molecule has 2 saturated carbocycles. The predicted octanol–water partition coefficient (Wildman–Crippen LogP) is 3.79. The number of aliphatic hydroxyl groups is 1. The fourth-order valence-corrected chi connectivity index (χ4v) is 4.27. The molecule has 4 unspecified atom stereocenters. The molecule has 1 nitrogen and oxygen atoms in total. The summed E-state index contributed by atoms with van der Waals surface area (Å²) < 4.78 is 1.11. The highest BCUT2D eigenvalue weighted by Gasteiger charge is 2.42. The van der Waals surface area contributed by atoms with Crippen LogP contribution in [0.3, 0.4) is 0 Å². The summed E-state index contributed by atoms with van der Waals surface area (Å²) in [6.07, 6.45) is 6.07. The van der Waals surface area contributed by atoms with Gasteiger partial charge in [-0.1, -0.05) is 34.5 Å². The number of hydrogen-bond acceptors (Lipinski definition) is 1. The molecule has 2 fully saturated rings. The third-order valence-corrected chi connectivity index (χ3v) is 5.11. The van der Waals surface area contributed by atoms with Crippen LogP contribution in [0.25, 0.3) is 0 Å². The summed E-state index contributed by atoms with van der Waals surface area (Å²) >= 11 is 3.49. The average molecular weight is 295 g/mol. The molecule has 0 radical (unpaired) electrons. The first-order valence-electron chi connectivity index (χ1n) is 6.65. The molecule has 0 heterocycles. The third kappa shape index (κ3) is 2.43. The standard InChI is InChI=1S/C15H19BrO/c16-13-3-1-2-10(7-13)9-15(17)14-8-11-4-5-12(14)6-11/h1-3,7,11-12,14-15,17H,4-6,8-9H2. The summed E-state index contributed by atoms with van der Waals surface area (Å²) in [6, 6.07) is 8.32. The Kier molecular flexibility index (Phi) is 3.27. The van der Waals surface area contributed by atoms with Crippen LogP contribution < -0.4 is 0 Å². The van der Waals surface area contributed by atoms with Crippen molar-refractivity contribution >= 4 is 15.9 Å². The Hall–Kier alpha value is -0.340. The maximum atomic E-state index is 10.4. The zero-order valence-electron chi connectivity index (χ0n) is 9.98. The Labute approximate surface area is 111 Å². The van der Waals surface area contributed by atoms with Crippen molar-refractivity contribution in [3.05, 3.63) is 34.3 Å². The molecule has 2 heteroatoms. The van der Waals surface area contributed by atoms with Crippen molar-refractivity contribution in [2.75, 3.05) is 0 Å². The van der Waals surface area contributed by atoms with Crippen molar-refractivity contribution in [1.29, 1.82) is 0 Å². The van der Waals surface area contributed by atoms with Crippen LogP contribution in [0.4, 0.5) is 0 Å². The van der Waals surface area contributed by atoms with E-state index >= 15 is 0 Å². The number of hydrogen-bond donors (Lipinski definition) is 1. The van der Waals surface area contributed by atoms with Gasteiger partial charge in [-0.3, -0.25) is 0 Å². The van der Waals surface area contributed by atoms with Crippen molar-refractivity contribution in [1.82, 2.24) is 0 Å². The lowest BCUT2D eigenvalue weighted by Gasteiger charge is -2.26. The minimum Gasteiger partial charge on any atom is -0.392 e. The largest absolute Gasteiger partial charge is 0.392 e. The van der Waals surface area contributed by atoms with Gasteiger partial charge in [0.05, 0.1) is 6.10 Å². The lowest BCUT2D eigenvalue weighted by molar-refractivity contribution is 0.0751. The van der Waals surface area contributed by atoms with Gasteiger partial charge in [0.15, 0.2) is 0 Å². The summed E-state index contributed by atoms with van der Waals surface area (Å²) in [5.74, 6) is 2.29. The van der Waals surface area contributed by atoms with Crippen LogP contribution in [0.5, 0.6) is 0 Å². The summed E-state index contributed by atoms with van der Waals surface area (Å²) in [4.78, 5) is 0. The highest BCUT2D eigenvalue weighted by molar-refractivity contribution is 9.10. The lowest BCUT2D eigenvalue weighted by Crippen LogP contribution is -2.27. The van der Waals surface area contributed by atoms with E-state index in [4.69, 9.17) is 0 Å². The van der Waals surface area contributed by atoms with Gasteiger partial charge in [0.25, 0.3) is 0 Å². The number of halogens is 1. The fourth-order valence-electron chi connectivity index (χ4n) is 3.82. The Morgan fingerprint density at radius 3 is 2.82 bits per heavy atom. The van der Waals surface area contributed by atoms with E-state index in [-0.39, 0.29) is 6.10 Å². The molecule has 1 aromatic rings. The molecule has 92 valence electrons. The number of aliphatic hydroxyl groups excluding tert-OH is 1. The SMILES string of the molecule is OC(Cc1cccc(Br)c1)C1CC2CCC1C2. The molecule has 0 spiro atoms. The highest BCUT2D eigenvalue weighted by Crippen LogP contribution is 2.49. The molecule has 0 amide bonds. The minimum atomic E-state index is -0.139. The van der Waals surface area contributed by atoms with Crippen LogP contribution in [-0.4, -0.2) is 11.2 Å². The number of fused-ring (bicyclic) bond motifs is 2. The van der Waals surface area contributed by atoms with Gasteiger partial charge >= 0.3 is 0 Å². The molecule has 0 saturated heterocycles. The maximum Gasteiger partial charge on any atom is 0.0611 e. The van der Waals surface area contributed by atoms with Crippen LogP contribution in [-0.2, 0) is 6.42 Å². The quantitative estimate of drug-likeness (QED) is 0.899. The predicted molar refractivity (Wildman–Crippen MR) is 72.8 cm³/mol. The van der Waals surface area contributed by atoms with E-state index in [9.17, 15) is 5.11 Å². The van der Waals surface area contributed by atoms with Crippen LogP contribution in [0.1, 0.15) is 31.2 Å². The summed E-state index contributed by atoms with van der Waals surface area (Å²) in [5, 5.41) is 10.4. The van der Waals surface area contributed by atoms with Gasteiger partial charge in [-0.25, -0.2) is 0 Å². The second-order valence-electron chi connectivity index (χ2n) is 5.74. The van der Waals surface area contributed by atoms with Gasteiger partial charge in [0.2, 0.25) is 0 Å².